The second-order valence-corrected chi connectivity index (χ2v) is 6.97. The Balaban J connectivity index is 1.82. The Bertz CT molecular complexity index is 679. The molecule has 130 valence electrons. The summed E-state index contributed by atoms with van der Waals surface area (Å²) in [5, 5.41) is 9.92. The van der Waals surface area contributed by atoms with E-state index in [0.29, 0.717) is 42.0 Å². The molecule has 1 heterocycles. The van der Waals surface area contributed by atoms with Gasteiger partial charge in [-0.05, 0) is 24.5 Å². The molecule has 0 atom stereocenters. The van der Waals surface area contributed by atoms with Crippen LogP contribution in [0.4, 0.5) is 4.39 Å². The van der Waals surface area contributed by atoms with Gasteiger partial charge in [-0.25, -0.2) is 9.37 Å². The van der Waals surface area contributed by atoms with Gasteiger partial charge in [-0.15, -0.1) is 11.3 Å². The molecule has 0 radical (unpaired) electrons. The average Bonchev–Trinajstić information content (AvgIpc) is 3.02. The highest BCUT2D eigenvalue weighted by Gasteiger charge is 2.08. The Labute approximate surface area is 151 Å². The molecule has 0 fully saturated rings. The topological polar surface area (TPSA) is 49.3 Å². The Morgan fingerprint density at radius 2 is 2.17 bits per heavy atom. The first-order chi connectivity index (χ1) is 11.5. The van der Waals surface area contributed by atoms with E-state index in [1.54, 1.807) is 30.5 Å². The van der Waals surface area contributed by atoms with Gasteiger partial charge in [0.15, 0.2) is 5.96 Å². The molecule has 0 unspecified atom stereocenters. The van der Waals surface area contributed by atoms with Crippen LogP contribution in [0.2, 0.25) is 5.02 Å². The zero-order chi connectivity index (χ0) is 17.5. The highest BCUT2D eigenvalue weighted by atomic mass is 35.5. The number of hydrogen-bond acceptors (Lipinski definition) is 3. The normalized spacial score (nSPS) is 11.8. The van der Waals surface area contributed by atoms with E-state index >= 15 is 0 Å². The van der Waals surface area contributed by atoms with Gasteiger partial charge in [0.2, 0.25) is 0 Å². The van der Waals surface area contributed by atoms with E-state index in [1.165, 1.54) is 6.07 Å². The molecule has 2 rings (SSSR count). The number of thiazole rings is 1. The van der Waals surface area contributed by atoms with Crippen LogP contribution in [0.25, 0.3) is 0 Å². The first kappa shape index (κ1) is 18.7. The molecule has 0 aliphatic heterocycles. The molecule has 4 nitrogen and oxygen atoms in total. The maximum Gasteiger partial charge on any atom is 0.191 e. The van der Waals surface area contributed by atoms with Crippen molar-refractivity contribution in [2.24, 2.45) is 4.99 Å². The van der Waals surface area contributed by atoms with E-state index in [0.717, 1.165) is 10.7 Å². The molecule has 0 aliphatic rings. The predicted octanol–water partition coefficient (Wildman–Crippen LogP) is 3.97. The fourth-order valence-electron chi connectivity index (χ4n) is 2.13. The van der Waals surface area contributed by atoms with Crippen LogP contribution in [-0.4, -0.2) is 24.5 Å². The maximum absolute atomic E-state index is 13.7. The minimum Gasteiger partial charge on any atom is -0.356 e. The monoisotopic (exact) mass is 368 g/mol. The Morgan fingerprint density at radius 1 is 1.38 bits per heavy atom. The molecule has 0 bridgehead atoms. The van der Waals surface area contributed by atoms with Crippen molar-refractivity contribution in [1.82, 2.24) is 15.6 Å². The molecule has 1 aromatic heterocycles. The van der Waals surface area contributed by atoms with Crippen LogP contribution in [0.15, 0.2) is 28.6 Å². The van der Waals surface area contributed by atoms with Gasteiger partial charge in [-0.2, -0.15) is 0 Å². The third-order valence-corrected chi connectivity index (χ3v) is 4.74. The Morgan fingerprint density at radius 3 is 2.79 bits per heavy atom. The van der Waals surface area contributed by atoms with Crippen LogP contribution in [0.5, 0.6) is 0 Å². The molecular formula is C17H22ClFN4S. The first-order valence-corrected chi connectivity index (χ1v) is 9.08. The number of rotatable bonds is 6. The van der Waals surface area contributed by atoms with Crippen molar-refractivity contribution in [2.75, 3.05) is 13.6 Å². The number of guanidine groups is 1. The van der Waals surface area contributed by atoms with Crippen LogP contribution in [0.1, 0.15) is 36.0 Å². The average molecular weight is 369 g/mol. The highest BCUT2D eigenvalue weighted by molar-refractivity contribution is 7.09. The minimum atomic E-state index is -0.281. The molecule has 0 saturated carbocycles. The lowest BCUT2D eigenvalue weighted by molar-refractivity contribution is 0.607. The summed E-state index contributed by atoms with van der Waals surface area (Å²) in [4.78, 5) is 8.74. The largest absolute Gasteiger partial charge is 0.356 e. The molecule has 2 aromatic rings. The molecule has 24 heavy (non-hydrogen) atoms. The van der Waals surface area contributed by atoms with Gasteiger partial charge in [-0.3, -0.25) is 4.99 Å². The predicted molar refractivity (Wildman–Crippen MR) is 99.5 cm³/mol. The van der Waals surface area contributed by atoms with E-state index < -0.39 is 0 Å². The van der Waals surface area contributed by atoms with Crippen molar-refractivity contribution in [1.29, 1.82) is 0 Å². The molecular weight excluding hydrogens is 347 g/mol. The lowest BCUT2D eigenvalue weighted by Gasteiger charge is -2.12. The number of nitrogens with one attached hydrogen (secondary N) is 2. The zero-order valence-electron chi connectivity index (χ0n) is 14.1. The molecule has 0 saturated heterocycles. The summed E-state index contributed by atoms with van der Waals surface area (Å²) >= 11 is 7.66. The van der Waals surface area contributed by atoms with Gasteiger partial charge in [-0.1, -0.05) is 31.5 Å². The fourth-order valence-corrected chi connectivity index (χ4v) is 3.28. The molecule has 0 aliphatic carbocycles. The first-order valence-electron chi connectivity index (χ1n) is 7.83. The van der Waals surface area contributed by atoms with Crippen molar-refractivity contribution in [3.8, 4) is 0 Å². The van der Waals surface area contributed by atoms with Gasteiger partial charge in [0.05, 0.1) is 12.2 Å². The van der Waals surface area contributed by atoms with Gasteiger partial charge < -0.3 is 10.6 Å². The van der Waals surface area contributed by atoms with Crippen LogP contribution < -0.4 is 10.6 Å². The second kappa shape index (κ2) is 8.99. The summed E-state index contributed by atoms with van der Waals surface area (Å²) in [5.41, 5.74) is 1.62. The number of halogens is 2. The van der Waals surface area contributed by atoms with Crippen molar-refractivity contribution in [3.63, 3.8) is 0 Å². The van der Waals surface area contributed by atoms with Gasteiger partial charge in [0.25, 0.3) is 0 Å². The SMILES string of the molecule is CN=C(NCCc1c(F)cccc1Cl)NCc1nc(C(C)C)cs1. The second-order valence-electron chi connectivity index (χ2n) is 5.62. The quantitative estimate of drug-likeness (QED) is 0.599. The van der Waals surface area contributed by atoms with Gasteiger partial charge in [0.1, 0.15) is 10.8 Å². The summed E-state index contributed by atoms with van der Waals surface area (Å²) in [6, 6.07) is 4.72. The third-order valence-electron chi connectivity index (χ3n) is 3.52. The fraction of sp³-hybridized carbons (Fsp3) is 0.412. The number of hydrogen-bond donors (Lipinski definition) is 2. The summed E-state index contributed by atoms with van der Waals surface area (Å²) in [7, 11) is 1.70. The summed E-state index contributed by atoms with van der Waals surface area (Å²) in [6.07, 6.45) is 0.487. The molecule has 2 N–H and O–H groups in total. The number of aliphatic imine (C=N–C) groups is 1. The molecule has 0 amide bonds. The summed E-state index contributed by atoms with van der Waals surface area (Å²) in [6.45, 7) is 5.40. The van der Waals surface area contributed by atoms with Crippen molar-refractivity contribution in [2.45, 2.75) is 32.7 Å². The minimum absolute atomic E-state index is 0.281. The number of aromatic nitrogens is 1. The Kier molecular flexibility index (Phi) is 6.99. The van der Waals surface area contributed by atoms with Crippen molar-refractivity contribution in [3.05, 3.63) is 50.7 Å². The molecule has 1 aromatic carbocycles. The maximum atomic E-state index is 13.7. The third kappa shape index (κ3) is 5.18. The highest BCUT2D eigenvalue weighted by Crippen LogP contribution is 2.19. The Hall–Kier alpha value is -1.66. The van der Waals surface area contributed by atoms with E-state index in [4.69, 9.17) is 11.6 Å². The van der Waals surface area contributed by atoms with Crippen LogP contribution >= 0.6 is 22.9 Å². The molecule has 7 heteroatoms. The van der Waals surface area contributed by atoms with E-state index in [1.807, 2.05) is 0 Å². The standard InChI is InChI=1S/C17H22ClFN4S/c1-11(2)15-10-24-16(23-15)9-22-17(20-3)21-8-7-12-13(18)5-4-6-14(12)19/h4-6,10-11H,7-9H2,1-3H3,(H2,20,21,22). The summed E-state index contributed by atoms with van der Waals surface area (Å²) in [5.74, 6) is 0.804. The van der Waals surface area contributed by atoms with Crippen LogP contribution in [0.3, 0.4) is 0 Å². The van der Waals surface area contributed by atoms with E-state index in [-0.39, 0.29) is 5.82 Å². The van der Waals surface area contributed by atoms with Crippen molar-refractivity contribution < 1.29 is 4.39 Å². The lowest BCUT2D eigenvalue weighted by atomic mass is 10.1. The lowest BCUT2D eigenvalue weighted by Crippen LogP contribution is -2.37. The van der Waals surface area contributed by atoms with Crippen molar-refractivity contribution >= 4 is 28.9 Å². The number of nitrogens with zero attached hydrogens (tertiary/aromatic N) is 2. The van der Waals surface area contributed by atoms with Crippen LogP contribution in [-0.2, 0) is 13.0 Å². The zero-order valence-corrected chi connectivity index (χ0v) is 15.6. The van der Waals surface area contributed by atoms with Crippen LogP contribution in [0, 0.1) is 5.82 Å². The van der Waals surface area contributed by atoms with Gasteiger partial charge in [0, 0.05) is 29.6 Å². The molecule has 0 spiro atoms. The number of benzene rings is 1. The van der Waals surface area contributed by atoms with E-state index in [2.05, 4.69) is 39.8 Å². The smallest absolute Gasteiger partial charge is 0.191 e. The van der Waals surface area contributed by atoms with E-state index in [9.17, 15) is 4.39 Å². The van der Waals surface area contributed by atoms with Gasteiger partial charge >= 0.3 is 0 Å². The summed E-state index contributed by atoms with van der Waals surface area (Å²) < 4.78 is 13.7.